The molecule has 7 unspecified atom stereocenters. The number of amides is 2. The zero-order chi connectivity index (χ0) is 30.4. The highest BCUT2D eigenvalue weighted by molar-refractivity contribution is 5.96. The predicted octanol–water partition coefficient (Wildman–Crippen LogP) is 3.43. The highest BCUT2D eigenvalue weighted by Crippen LogP contribution is 2.47. The Hall–Kier alpha value is -2.46. The Kier molecular flexibility index (Phi) is 11.5. The molecule has 1 fully saturated rings. The molecule has 2 aliphatic carbocycles. The van der Waals surface area contributed by atoms with E-state index in [1.165, 1.54) is 6.42 Å². The monoisotopic (exact) mass is 586 g/mol. The summed E-state index contributed by atoms with van der Waals surface area (Å²) in [4.78, 5) is 28.9. The Morgan fingerprint density at radius 3 is 2.64 bits per heavy atom. The molecule has 0 bridgehead atoms. The first kappa shape index (κ1) is 32.5. The van der Waals surface area contributed by atoms with E-state index in [1.54, 1.807) is 11.0 Å². The van der Waals surface area contributed by atoms with Crippen molar-refractivity contribution in [2.24, 2.45) is 17.8 Å². The van der Waals surface area contributed by atoms with Crippen LogP contribution >= 0.6 is 0 Å². The van der Waals surface area contributed by atoms with Crippen molar-refractivity contribution in [1.29, 1.82) is 0 Å². The molecule has 1 heterocycles. The minimum atomic E-state index is -1.06. The Balaban J connectivity index is 1.61. The molecule has 9 nitrogen and oxygen atoms in total. The number of carbonyl (C=O) groups is 2. The van der Waals surface area contributed by atoms with Gasteiger partial charge in [0.05, 0.1) is 30.8 Å². The van der Waals surface area contributed by atoms with Crippen LogP contribution in [0.25, 0.3) is 0 Å². The Bertz CT molecular complexity index is 1090. The molecule has 3 N–H and O–H groups in total. The number of hydrogen-bond donors (Lipinski definition) is 3. The van der Waals surface area contributed by atoms with Crippen molar-refractivity contribution in [3.05, 3.63) is 41.5 Å². The highest BCUT2D eigenvalue weighted by atomic mass is 16.5. The van der Waals surface area contributed by atoms with Gasteiger partial charge in [0.1, 0.15) is 24.6 Å². The van der Waals surface area contributed by atoms with Gasteiger partial charge in [-0.25, -0.2) is 0 Å². The third-order valence-electron chi connectivity index (χ3n) is 8.93. The van der Waals surface area contributed by atoms with Crippen LogP contribution in [0.15, 0.2) is 35.9 Å². The topological polar surface area (TPSA) is 118 Å². The lowest BCUT2D eigenvalue weighted by Gasteiger charge is -2.41. The zero-order valence-electron chi connectivity index (χ0n) is 25.8. The fraction of sp³-hybridized carbons (Fsp3) is 0.697. The Labute approximate surface area is 250 Å². The van der Waals surface area contributed by atoms with Crippen LogP contribution in [-0.4, -0.2) is 90.3 Å². The lowest BCUT2D eigenvalue weighted by atomic mass is 9.75. The minimum absolute atomic E-state index is 0.00695. The van der Waals surface area contributed by atoms with Gasteiger partial charge in [-0.1, -0.05) is 45.4 Å². The lowest BCUT2D eigenvalue weighted by molar-refractivity contribution is -0.147. The molecule has 0 radical (unpaired) electrons. The highest BCUT2D eigenvalue weighted by Gasteiger charge is 2.50. The van der Waals surface area contributed by atoms with Gasteiger partial charge in [-0.05, 0) is 63.0 Å². The molecular weight excluding hydrogens is 536 g/mol. The zero-order valence-corrected chi connectivity index (χ0v) is 25.8. The third-order valence-corrected chi connectivity index (χ3v) is 8.93. The van der Waals surface area contributed by atoms with Gasteiger partial charge in [-0.15, -0.1) is 0 Å². The van der Waals surface area contributed by atoms with Crippen LogP contribution < -0.4 is 10.1 Å². The largest absolute Gasteiger partial charge is 0.486 e. The van der Waals surface area contributed by atoms with Crippen molar-refractivity contribution in [2.45, 2.75) is 96.7 Å². The van der Waals surface area contributed by atoms with Crippen molar-refractivity contribution in [2.75, 3.05) is 32.9 Å². The SMILES string of the molecule is CC1CCC(C(C)C)C(OCC(=O)N(CCCOC(C)C)C2C=C(C(=O)NCCO)C3c4ccccc4OC3C2O)C1. The molecule has 1 aromatic rings. The quantitative estimate of drug-likeness (QED) is 0.303. The fourth-order valence-electron chi connectivity index (χ4n) is 6.75. The van der Waals surface area contributed by atoms with Crippen LogP contribution in [0.5, 0.6) is 5.75 Å². The van der Waals surface area contributed by atoms with Crippen molar-refractivity contribution < 1.29 is 34.0 Å². The van der Waals surface area contributed by atoms with E-state index in [0.29, 0.717) is 48.6 Å². The molecule has 0 saturated heterocycles. The molecule has 234 valence electrons. The van der Waals surface area contributed by atoms with E-state index in [0.717, 1.165) is 18.4 Å². The van der Waals surface area contributed by atoms with Gasteiger partial charge in [0, 0.05) is 30.8 Å². The molecule has 9 heteroatoms. The van der Waals surface area contributed by atoms with Crippen LogP contribution in [0.4, 0.5) is 0 Å². The molecule has 1 aromatic carbocycles. The lowest BCUT2D eigenvalue weighted by Crippen LogP contribution is -2.56. The average Bonchev–Trinajstić information content (AvgIpc) is 3.35. The van der Waals surface area contributed by atoms with Gasteiger partial charge in [0.2, 0.25) is 11.8 Å². The molecule has 3 aliphatic rings. The van der Waals surface area contributed by atoms with E-state index < -0.39 is 24.2 Å². The number of para-hydroxylation sites is 1. The van der Waals surface area contributed by atoms with Crippen molar-refractivity contribution in [1.82, 2.24) is 10.2 Å². The summed E-state index contributed by atoms with van der Waals surface area (Å²) in [5, 5.41) is 23.8. The molecule has 0 aromatic heterocycles. The van der Waals surface area contributed by atoms with Crippen molar-refractivity contribution in [3.63, 3.8) is 0 Å². The maximum absolute atomic E-state index is 13.9. The standard InChI is InChI=1S/C33H50N2O7/c1-20(2)23-12-11-22(5)17-28(23)41-19-29(37)35(14-8-16-40-21(3)4)26-18-25(33(39)34-13-15-36)30-24-9-6-7-10-27(24)42-32(30)31(26)38/h6-7,9-10,18,20-23,26,28,30-32,36,38H,8,11-17,19H2,1-5H3,(H,34,39). The number of fused-ring (bicyclic) bond motifs is 3. The summed E-state index contributed by atoms with van der Waals surface area (Å²) in [7, 11) is 0. The van der Waals surface area contributed by atoms with Crippen LogP contribution in [0, 0.1) is 17.8 Å². The summed E-state index contributed by atoms with van der Waals surface area (Å²) < 4.78 is 18.3. The maximum atomic E-state index is 13.9. The number of rotatable bonds is 13. The van der Waals surface area contributed by atoms with Gasteiger partial charge in [-0.2, -0.15) is 0 Å². The minimum Gasteiger partial charge on any atom is -0.486 e. The molecule has 1 saturated carbocycles. The Morgan fingerprint density at radius 2 is 1.93 bits per heavy atom. The number of ether oxygens (including phenoxy) is 3. The summed E-state index contributed by atoms with van der Waals surface area (Å²) in [6.07, 6.45) is 3.73. The number of benzene rings is 1. The number of hydrogen-bond acceptors (Lipinski definition) is 7. The second-order valence-electron chi connectivity index (χ2n) is 12.7. The van der Waals surface area contributed by atoms with E-state index in [1.807, 2.05) is 38.1 Å². The summed E-state index contributed by atoms with van der Waals surface area (Å²) >= 11 is 0. The molecule has 4 rings (SSSR count). The maximum Gasteiger partial charge on any atom is 0.249 e. The summed E-state index contributed by atoms with van der Waals surface area (Å²) in [6, 6.07) is 6.67. The van der Waals surface area contributed by atoms with E-state index in [2.05, 4.69) is 26.1 Å². The van der Waals surface area contributed by atoms with Crippen LogP contribution in [0.3, 0.4) is 0 Å². The van der Waals surface area contributed by atoms with Gasteiger partial charge in [0.15, 0.2) is 0 Å². The van der Waals surface area contributed by atoms with Crippen molar-refractivity contribution in [3.8, 4) is 5.75 Å². The normalized spacial score (nSPS) is 28.6. The molecule has 1 aliphatic heterocycles. The molecular formula is C33H50N2O7. The smallest absolute Gasteiger partial charge is 0.249 e. The summed E-state index contributed by atoms with van der Waals surface area (Å²) in [5.41, 5.74) is 1.25. The Morgan fingerprint density at radius 1 is 1.17 bits per heavy atom. The van der Waals surface area contributed by atoms with Crippen LogP contribution in [0.2, 0.25) is 0 Å². The molecule has 2 amide bonds. The van der Waals surface area contributed by atoms with Gasteiger partial charge >= 0.3 is 0 Å². The molecule has 42 heavy (non-hydrogen) atoms. The van der Waals surface area contributed by atoms with Gasteiger partial charge < -0.3 is 34.6 Å². The molecule has 7 atom stereocenters. The number of carbonyl (C=O) groups excluding carboxylic acids is 2. The van der Waals surface area contributed by atoms with E-state index in [9.17, 15) is 19.8 Å². The first-order valence-corrected chi connectivity index (χ1v) is 15.7. The average molecular weight is 587 g/mol. The van der Waals surface area contributed by atoms with Gasteiger partial charge in [0.25, 0.3) is 0 Å². The van der Waals surface area contributed by atoms with Crippen LogP contribution in [0.1, 0.15) is 71.8 Å². The van der Waals surface area contributed by atoms with E-state index >= 15 is 0 Å². The van der Waals surface area contributed by atoms with E-state index in [-0.39, 0.29) is 43.8 Å². The first-order valence-electron chi connectivity index (χ1n) is 15.7. The summed E-state index contributed by atoms with van der Waals surface area (Å²) in [5.74, 6) is 0.956. The third kappa shape index (κ3) is 7.54. The summed E-state index contributed by atoms with van der Waals surface area (Å²) in [6.45, 7) is 11.2. The number of nitrogens with one attached hydrogen (secondary N) is 1. The van der Waals surface area contributed by atoms with Crippen LogP contribution in [-0.2, 0) is 19.1 Å². The second kappa shape index (κ2) is 14.8. The van der Waals surface area contributed by atoms with Crippen molar-refractivity contribution >= 4 is 11.8 Å². The second-order valence-corrected chi connectivity index (χ2v) is 12.7. The first-order chi connectivity index (χ1) is 20.1. The fourth-order valence-corrected chi connectivity index (χ4v) is 6.75. The number of aliphatic hydroxyl groups excluding tert-OH is 2. The molecule has 0 spiro atoms. The van der Waals surface area contributed by atoms with E-state index in [4.69, 9.17) is 14.2 Å². The number of aliphatic hydroxyl groups is 2. The van der Waals surface area contributed by atoms with Gasteiger partial charge in [-0.3, -0.25) is 9.59 Å². The predicted molar refractivity (Wildman–Crippen MR) is 160 cm³/mol. The number of nitrogens with zero attached hydrogens (tertiary/aromatic N) is 1.